The summed E-state index contributed by atoms with van der Waals surface area (Å²) in [5, 5.41) is 0. The number of likely N-dealkylation sites (N-methyl/N-ethyl adjacent to an activating group) is 1. The molecular weight excluding hydrogens is 258 g/mol. The van der Waals surface area contributed by atoms with Gasteiger partial charge in [-0.2, -0.15) is 0 Å². The molecule has 0 aliphatic rings. The lowest BCUT2D eigenvalue weighted by molar-refractivity contribution is 0.612. The van der Waals surface area contributed by atoms with E-state index < -0.39 is 0 Å². The standard InChI is InChI=1S/C16H18F2N2/c1-11-9-12(3-8-15(11)18)16(10-19)20(2)14-6-4-13(17)5-7-14/h3-9,16H,10,19H2,1-2H3. The molecule has 0 saturated heterocycles. The smallest absolute Gasteiger partial charge is 0.126 e. The molecule has 2 N–H and O–H groups in total. The van der Waals surface area contributed by atoms with E-state index in [2.05, 4.69) is 0 Å². The zero-order valence-electron chi connectivity index (χ0n) is 11.6. The number of nitrogens with two attached hydrogens (primary N) is 1. The molecule has 1 unspecified atom stereocenters. The van der Waals surface area contributed by atoms with Crippen molar-refractivity contribution in [1.29, 1.82) is 0 Å². The third-order valence-electron chi connectivity index (χ3n) is 3.49. The number of benzene rings is 2. The van der Waals surface area contributed by atoms with Crippen LogP contribution in [0.3, 0.4) is 0 Å². The van der Waals surface area contributed by atoms with Crippen LogP contribution in [0.5, 0.6) is 0 Å². The Morgan fingerprint density at radius 2 is 1.75 bits per heavy atom. The molecule has 2 nitrogen and oxygen atoms in total. The van der Waals surface area contributed by atoms with Crippen LogP contribution in [0.4, 0.5) is 14.5 Å². The number of hydrogen-bond donors (Lipinski definition) is 1. The highest BCUT2D eigenvalue weighted by molar-refractivity contribution is 5.48. The van der Waals surface area contributed by atoms with Gasteiger partial charge in [-0.05, 0) is 48.4 Å². The molecule has 2 aromatic carbocycles. The van der Waals surface area contributed by atoms with E-state index in [0.717, 1.165) is 11.3 Å². The van der Waals surface area contributed by atoms with Gasteiger partial charge in [-0.25, -0.2) is 8.78 Å². The molecule has 0 fully saturated rings. The number of nitrogens with zero attached hydrogens (tertiary/aromatic N) is 1. The second kappa shape index (κ2) is 6.01. The molecule has 0 heterocycles. The van der Waals surface area contributed by atoms with Gasteiger partial charge in [0, 0.05) is 19.3 Å². The van der Waals surface area contributed by atoms with Gasteiger partial charge in [0.2, 0.25) is 0 Å². The molecule has 0 aliphatic heterocycles. The molecule has 0 aliphatic carbocycles. The van der Waals surface area contributed by atoms with Crippen LogP contribution in [-0.2, 0) is 0 Å². The Labute approximate surface area is 117 Å². The molecule has 4 heteroatoms. The first-order chi connectivity index (χ1) is 9.52. The Balaban J connectivity index is 2.31. The second-order valence-corrected chi connectivity index (χ2v) is 4.85. The zero-order valence-corrected chi connectivity index (χ0v) is 11.6. The van der Waals surface area contributed by atoms with E-state index in [9.17, 15) is 8.78 Å². The lowest BCUT2D eigenvalue weighted by atomic mass is 10.0. The summed E-state index contributed by atoms with van der Waals surface area (Å²) < 4.78 is 26.3. The fraction of sp³-hybridized carbons (Fsp3) is 0.250. The molecular formula is C16H18F2N2. The highest BCUT2D eigenvalue weighted by Crippen LogP contribution is 2.26. The summed E-state index contributed by atoms with van der Waals surface area (Å²) in [5.74, 6) is -0.502. The van der Waals surface area contributed by atoms with Gasteiger partial charge in [0.15, 0.2) is 0 Å². The average molecular weight is 276 g/mol. The van der Waals surface area contributed by atoms with Crippen molar-refractivity contribution in [2.45, 2.75) is 13.0 Å². The van der Waals surface area contributed by atoms with Crippen LogP contribution in [0.2, 0.25) is 0 Å². The number of rotatable bonds is 4. The molecule has 2 rings (SSSR count). The van der Waals surface area contributed by atoms with Crippen molar-refractivity contribution < 1.29 is 8.78 Å². The normalized spacial score (nSPS) is 12.2. The maximum atomic E-state index is 13.3. The van der Waals surface area contributed by atoms with Crippen LogP contribution in [0.25, 0.3) is 0 Å². The monoisotopic (exact) mass is 276 g/mol. The minimum absolute atomic E-state index is 0.0836. The van der Waals surface area contributed by atoms with Gasteiger partial charge in [0.1, 0.15) is 11.6 Å². The van der Waals surface area contributed by atoms with Crippen molar-refractivity contribution in [3.8, 4) is 0 Å². The Kier molecular flexibility index (Phi) is 4.35. The fourth-order valence-corrected chi connectivity index (χ4v) is 2.25. The first-order valence-corrected chi connectivity index (χ1v) is 6.47. The highest BCUT2D eigenvalue weighted by atomic mass is 19.1. The number of aryl methyl sites for hydroxylation is 1. The SMILES string of the molecule is Cc1cc(C(CN)N(C)c2ccc(F)cc2)ccc1F. The van der Waals surface area contributed by atoms with Gasteiger partial charge in [0.25, 0.3) is 0 Å². The Morgan fingerprint density at radius 3 is 2.30 bits per heavy atom. The van der Waals surface area contributed by atoms with Crippen LogP contribution in [0.15, 0.2) is 42.5 Å². The van der Waals surface area contributed by atoms with E-state index in [0.29, 0.717) is 12.1 Å². The van der Waals surface area contributed by atoms with Crippen molar-refractivity contribution >= 4 is 5.69 Å². The van der Waals surface area contributed by atoms with Gasteiger partial charge < -0.3 is 10.6 Å². The fourth-order valence-electron chi connectivity index (χ4n) is 2.25. The van der Waals surface area contributed by atoms with Crippen molar-refractivity contribution in [3.05, 3.63) is 65.2 Å². The first-order valence-electron chi connectivity index (χ1n) is 6.47. The molecule has 2 aromatic rings. The third kappa shape index (κ3) is 2.96. The molecule has 0 aromatic heterocycles. The lowest BCUT2D eigenvalue weighted by Gasteiger charge is -2.29. The van der Waals surface area contributed by atoms with E-state index in [1.165, 1.54) is 18.2 Å². The number of halogens is 2. The van der Waals surface area contributed by atoms with Crippen LogP contribution in [0, 0.1) is 18.6 Å². The zero-order chi connectivity index (χ0) is 14.7. The summed E-state index contributed by atoms with van der Waals surface area (Å²) in [6, 6.07) is 11.1. The summed E-state index contributed by atoms with van der Waals surface area (Å²) in [5.41, 5.74) is 8.25. The molecule has 20 heavy (non-hydrogen) atoms. The predicted molar refractivity (Wildman–Crippen MR) is 77.7 cm³/mol. The van der Waals surface area contributed by atoms with Crippen molar-refractivity contribution in [1.82, 2.24) is 0 Å². The molecule has 0 bridgehead atoms. The average Bonchev–Trinajstić information content (AvgIpc) is 2.44. The van der Waals surface area contributed by atoms with Crippen LogP contribution < -0.4 is 10.6 Å². The summed E-state index contributed by atoms with van der Waals surface area (Å²) in [6.07, 6.45) is 0. The lowest BCUT2D eigenvalue weighted by Crippen LogP contribution is -2.30. The predicted octanol–water partition coefficient (Wildman–Crippen LogP) is 3.41. The van der Waals surface area contributed by atoms with Crippen LogP contribution in [0.1, 0.15) is 17.2 Å². The maximum absolute atomic E-state index is 13.3. The van der Waals surface area contributed by atoms with E-state index in [-0.39, 0.29) is 17.7 Å². The summed E-state index contributed by atoms with van der Waals surface area (Å²) >= 11 is 0. The highest BCUT2D eigenvalue weighted by Gasteiger charge is 2.17. The molecule has 0 spiro atoms. The third-order valence-corrected chi connectivity index (χ3v) is 3.49. The minimum Gasteiger partial charge on any atom is -0.366 e. The molecule has 0 saturated carbocycles. The van der Waals surface area contributed by atoms with E-state index in [1.807, 2.05) is 11.9 Å². The van der Waals surface area contributed by atoms with Gasteiger partial charge in [-0.15, -0.1) is 0 Å². The Hall–Kier alpha value is -1.94. The summed E-state index contributed by atoms with van der Waals surface area (Å²) in [7, 11) is 1.89. The Morgan fingerprint density at radius 1 is 1.10 bits per heavy atom. The number of anilines is 1. The van der Waals surface area contributed by atoms with E-state index in [1.54, 1.807) is 31.2 Å². The Bertz CT molecular complexity index is 582. The number of hydrogen-bond acceptors (Lipinski definition) is 2. The van der Waals surface area contributed by atoms with Crippen LogP contribution >= 0.6 is 0 Å². The second-order valence-electron chi connectivity index (χ2n) is 4.85. The van der Waals surface area contributed by atoms with Crippen molar-refractivity contribution in [3.63, 3.8) is 0 Å². The van der Waals surface area contributed by atoms with Crippen molar-refractivity contribution in [2.24, 2.45) is 5.73 Å². The summed E-state index contributed by atoms with van der Waals surface area (Å²) in [6.45, 7) is 2.11. The molecule has 106 valence electrons. The van der Waals surface area contributed by atoms with E-state index in [4.69, 9.17) is 5.73 Å². The van der Waals surface area contributed by atoms with Gasteiger partial charge >= 0.3 is 0 Å². The van der Waals surface area contributed by atoms with Crippen LogP contribution in [-0.4, -0.2) is 13.6 Å². The molecule has 0 amide bonds. The first kappa shape index (κ1) is 14.5. The molecule has 0 radical (unpaired) electrons. The van der Waals surface area contributed by atoms with Gasteiger partial charge in [0.05, 0.1) is 6.04 Å². The minimum atomic E-state index is -0.274. The van der Waals surface area contributed by atoms with Gasteiger partial charge in [-0.1, -0.05) is 12.1 Å². The summed E-state index contributed by atoms with van der Waals surface area (Å²) in [4.78, 5) is 1.96. The van der Waals surface area contributed by atoms with Crippen molar-refractivity contribution in [2.75, 3.05) is 18.5 Å². The topological polar surface area (TPSA) is 29.3 Å². The molecule has 1 atom stereocenters. The maximum Gasteiger partial charge on any atom is 0.126 e. The quantitative estimate of drug-likeness (QED) is 0.927. The van der Waals surface area contributed by atoms with E-state index >= 15 is 0 Å². The largest absolute Gasteiger partial charge is 0.366 e. The van der Waals surface area contributed by atoms with Gasteiger partial charge in [-0.3, -0.25) is 0 Å².